The maximum Gasteiger partial charge on any atom is 0.258 e. The van der Waals surface area contributed by atoms with E-state index in [1.54, 1.807) is 17.0 Å². The number of anilines is 1. The number of piperidine rings is 1. The molecule has 0 bridgehead atoms. The predicted molar refractivity (Wildman–Crippen MR) is 137 cm³/mol. The van der Waals surface area contributed by atoms with Crippen LogP contribution in [0.3, 0.4) is 0 Å². The van der Waals surface area contributed by atoms with E-state index in [-0.39, 0.29) is 17.2 Å². The van der Waals surface area contributed by atoms with Crippen molar-refractivity contribution in [1.29, 1.82) is 0 Å². The number of amides is 1. The molecular weight excluding hydrogens is 442 g/mol. The number of ether oxygens (including phenoxy) is 1. The molecule has 35 heavy (non-hydrogen) atoms. The highest BCUT2D eigenvalue weighted by molar-refractivity contribution is 6.03. The molecule has 0 saturated carbocycles. The zero-order chi connectivity index (χ0) is 24.4. The van der Waals surface area contributed by atoms with Gasteiger partial charge in [0.25, 0.3) is 5.91 Å². The van der Waals surface area contributed by atoms with Crippen molar-refractivity contribution < 1.29 is 14.6 Å². The van der Waals surface area contributed by atoms with Gasteiger partial charge in [-0.3, -0.25) is 14.8 Å². The van der Waals surface area contributed by atoms with Gasteiger partial charge in [-0.25, -0.2) is 0 Å². The predicted octanol–water partition coefficient (Wildman–Crippen LogP) is 4.36. The number of likely N-dealkylation sites (tertiary alicyclic amines) is 1. The van der Waals surface area contributed by atoms with Crippen molar-refractivity contribution in [3.63, 3.8) is 0 Å². The Balaban J connectivity index is 1.25. The lowest BCUT2D eigenvalue weighted by Crippen LogP contribution is -2.33. The van der Waals surface area contributed by atoms with Gasteiger partial charge >= 0.3 is 0 Å². The molecule has 8 nitrogen and oxygen atoms in total. The summed E-state index contributed by atoms with van der Waals surface area (Å²) in [5.41, 5.74) is 3.19. The molecule has 0 atom stereocenters. The number of nitrogens with one attached hydrogen (secondary N) is 2. The minimum atomic E-state index is -0.191. The fourth-order valence-corrected chi connectivity index (χ4v) is 4.91. The Morgan fingerprint density at radius 3 is 2.74 bits per heavy atom. The zero-order valence-electron chi connectivity index (χ0n) is 20.6. The summed E-state index contributed by atoms with van der Waals surface area (Å²) in [6.45, 7) is 9.99. The minimum Gasteiger partial charge on any atom is -0.507 e. The molecule has 186 valence electrons. The first kappa shape index (κ1) is 23.5. The third-order valence-electron chi connectivity index (χ3n) is 6.90. The molecule has 1 aromatic heterocycles. The topological polar surface area (TPSA) is 93.7 Å². The number of nitrogens with zero attached hydrogens (tertiary/aromatic N) is 3. The zero-order valence-corrected chi connectivity index (χ0v) is 20.6. The molecule has 5 rings (SSSR count). The maximum atomic E-state index is 13.4. The van der Waals surface area contributed by atoms with E-state index in [2.05, 4.69) is 34.3 Å². The Morgan fingerprint density at radius 1 is 1.14 bits per heavy atom. The molecule has 2 aliphatic heterocycles. The van der Waals surface area contributed by atoms with Crippen LogP contribution in [-0.4, -0.2) is 63.8 Å². The SMILES string of the molecule is CC(C)CNc1n[nH]c2cc(O)c(C(=O)N3Cc4ccc(OCCN5CCCCC5)cc4C3)cc12. The molecule has 2 aliphatic rings. The van der Waals surface area contributed by atoms with Crippen LogP contribution in [0.2, 0.25) is 0 Å². The first-order valence-corrected chi connectivity index (χ1v) is 12.7. The second-order valence-corrected chi connectivity index (χ2v) is 10.1. The lowest BCUT2D eigenvalue weighted by atomic mass is 10.1. The van der Waals surface area contributed by atoms with Crippen molar-refractivity contribution in [3.8, 4) is 11.5 Å². The smallest absolute Gasteiger partial charge is 0.258 e. The van der Waals surface area contributed by atoms with Gasteiger partial charge in [0.1, 0.15) is 18.1 Å². The molecular formula is C27H35N5O3. The van der Waals surface area contributed by atoms with Gasteiger partial charge in [-0.05, 0) is 61.2 Å². The van der Waals surface area contributed by atoms with Crippen LogP contribution in [0.15, 0.2) is 30.3 Å². The molecule has 1 saturated heterocycles. The number of hydrogen-bond donors (Lipinski definition) is 3. The normalized spacial score (nSPS) is 16.1. The number of fused-ring (bicyclic) bond motifs is 2. The summed E-state index contributed by atoms with van der Waals surface area (Å²) in [7, 11) is 0. The number of carbonyl (C=O) groups excluding carboxylic acids is 1. The Hall–Kier alpha value is -3.26. The van der Waals surface area contributed by atoms with Gasteiger partial charge in [0.15, 0.2) is 5.82 Å². The van der Waals surface area contributed by atoms with Crippen LogP contribution in [0.25, 0.3) is 10.9 Å². The van der Waals surface area contributed by atoms with Crippen LogP contribution in [0, 0.1) is 5.92 Å². The highest BCUT2D eigenvalue weighted by Crippen LogP contribution is 2.33. The molecule has 1 fully saturated rings. The number of phenols is 1. The summed E-state index contributed by atoms with van der Waals surface area (Å²) < 4.78 is 6.02. The van der Waals surface area contributed by atoms with E-state index < -0.39 is 0 Å². The van der Waals surface area contributed by atoms with Crippen molar-refractivity contribution in [2.45, 2.75) is 46.2 Å². The van der Waals surface area contributed by atoms with Gasteiger partial charge in [-0.1, -0.05) is 26.3 Å². The van der Waals surface area contributed by atoms with Crippen LogP contribution in [0.1, 0.15) is 54.6 Å². The summed E-state index contributed by atoms with van der Waals surface area (Å²) in [4.78, 5) is 17.6. The maximum absolute atomic E-state index is 13.4. The van der Waals surface area contributed by atoms with Crippen molar-refractivity contribution >= 4 is 22.6 Å². The molecule has 1 amide bonds. The monoisotopic (exact) mass is 477 g/mol. The van der Waals surface area contributed by atoms with Gasteiger partial charge in [0, 0.05) is 37.6 Å². The van der Waals surface area contributed by atoms with E-state index >= 15 is 0 Å². The van der Waals surface area contributed by atoms with Crippen LogP contribution in [-0.2, 0) is 13.1 Å². The van der Waals surface area contributed by atoms with Gasteiger partial charge in [0.05, 0.1) is 11.1 Å². The largest absolute Gasteiger partial charge is 0.507 e. The Labute approximate surface area is 206 Å². The average Bonchev–Trinajstić information content (AvgIpc) is 3.45. The van der Waals surface area contributed by atoms with Crippen LogP contribution in [0.5, 0.6) is 11.5 Å². The quantitative estimate of drug-likeness (QED) is 0.446. The Bertz CT molecular complexity index is 1200. The van der Waals surface area contributed by atoms with Crippen LogP contribution in [0.4, 0.5) is 5.82 Å². The number of hydrogen-bond acceptors (Lipinski definition) is 6. The number of rotatable bonds is 8. The lowest BCUT2D eigenvalue weighted by molar-refractivity contribution is 0.0748. The number of H-pyrrole nitrogens is 1. The van der Waals surface area contributed by atoms with Crippen molar-refractivity contribution in [1.82, 2.24) is 20.0 Å². The summed E-state index contributed by atoms with van der Waals surface area (Å²) in [5.74, 6) is 1.77. The van der Waals surface area contributed by atoms with Crippen molar-refractivity contribution in [3.05, 3.63) is 47.0 Å². The van der Waals surface area contributed by atoms with E-state index in [1.807, 2.05) is 18.2 Å². The lowest BCUT2D eigenvalue weighted by Gasteiger charge is -2.26. The van der Waals surface area contributed by atoms with Gasteiger partial charge in [-0.15, -0.1) is 0 Å². The Morgan fingerprint density at radius 2 is 1.94 bits per heavy atom. The standard InChI is InChI=1S/C27H35N5O3/c1-18(2)15-28-26-22-13-23(25(33)14-24(22)29-30-26)27(34)32-16-19-6-7-21(12-20(19)17-32)35-11-10-31-8-4-3-5-9-31/h6-7,12-14,18,33H,3-5,8-11,15-17H2,1-2H3,(H2,28,29,30). The second-order valence-electron chi connectivity index (χ2n) is 10.1. The number of carbonyl (C=O) groups is 1. The third-order valence-corrected chi connectivity index (χ3v) is 6.90. The summed E-state index contributed by atoms with van der Waals surface area (Å²) >= 11 is 0. The van der Waals surface area contributed by atoms with Crippen LogP contribution >= 0.6 is 0 Å². The summed E-state index contributed by atoms with van der Waals surface area (Å²) in [5, 5.41) is 22.0. The number of phenolic OH excluding ortho intramolecular Hbond substituents is 1. The molecule has 0 aliphatic carbocycles. The number of aromatic amines is 1. The molecule has 2 aromatic carbocycles. The van der Waals surface area contributed by atoms with Gasteiger partial charge < -0.3 is 20.1 Å². The molecule has 0 unspecified atom stereocenters. The summed E-state index contributed by atoms with van der Waals surface area (Å²) in [6.07, 6.45) is 3.89. The van der Waals surface area contributed by atoms with Gasteiger partial charge in [-0.2, -0.15) is 5.10 Å². The average molecular weight is 478 g/mol. The highest BCUT2D eigenvalue weighted by atomic mass is 16.5. The number of aromatic hydroxyl groups is 1. The van der Waals surface area contributed by atoms with E-state index in [1.165, 1.54) is 19.3 Å². The first-order chi connectivity index (χ1) is 17.0. The fourth-order valence-electron chi connectivity index (χ4n) is 4.91. The first-order valence-electron chi connectivity index (χ1n) is 12.7. The second kappa shape index (κ2) is 10.2. The molecule has 8 heteroatoms. The van der Waals surface area contributed by atoms with Crippen molar-refractivity contribution in [2.24, 2.45) is 5.92 Å². The van der Waals surface area contributed by atoms with Crippen molar-refractivity contribution in [2.75, 3.05) is 38.1 Å². The molecule has 0 radical (unpaired) electrons. The Kier molecular flexibility index (Phi) is 6.81. The van der Waals surface area contributed by atoms with Crippen LogP contribution < -0.4 is 10.1 Å². The van der Waals surface area contributed by atoms with E-state index in [4.69, 9.17) is 4.74 Å². The molecule has 3 N–H and O–H groups in total. The highest BCUT2D eigenvalue weighted by Gasteiger charge is 2.27. The fraction of sp³-hybridized carbons (Fsp3) is 0.481. The van der Waals surface area contributed by atoms with E-state index in [9.17, 15) is 9.90 Å². The molecule has 0 spiro atoms. The molecule has 3 heterocycles. The summed E-state index contributed by atoms with van der Waals surface area (Å²) in [6, 6.07) is 9.40. The number of benzene rings is 2. The van der Waals surface area contributed by atoms with E-state index in [0.717, 1.165) is 48.4 Å². The minimum absolute atomic E-state index is 0.0424. The number of aromatic nitrogens is 2. The van der Waals surface area contributed by atoms with E-state index in [0.29, 0.717) is 36.9 Å². The molecule has 3 aromatic rings. The third kappa shape index (κ3) is 5.22. The van der Waals surface area contributed by atoms with Gasteiger partial charge in [0.2, 0.25) is 0 Å².